The largest absolute Gasteiger partial charge is 0.494 e. The second-order valence-corrected chi connectivity index (χ2v) is 6.93. The number of hydrogen-bond acceptors (Lipinski definition) is 8. The average molecular weight is 446 g/mol. The van der Waals surface area contributed by atoms with Gasteiger partial charge < -0.3 is 25.0 Å². The first-order chi connectivity index (χ1) is 15.4. The molecule has 0 saturated carbocycles. The van der Waals surface area contributed by atoms with Crippen molar-refractivity contribution in [1.29, 1.82) is 0 Å². The molecule has 11 heteroatoms. The number of morpholine rings is 1. The molecular weight excluding hydrogens is 425 g/mol. The molecule has 168 valence electrons. The van der Waals surface area contributed by atoms with Crippen LogP contribution in [-0.4, -0.2) is 48.4 Å². The lowest BCUT2D eigenvalue weighted by Gasteiger charge is -2.29. The molecule has 0 spiro atoms. The van der Waals surface area contributed by atoms with E-state index in [0.29, 0.717) is 30.3 Å². The van der Waals surface area contributed by atoms with Crippen LogP contribution < -0.4 is 20.3 Å². The fraction of sp³-hybridized carbons (Fsp3) is 0.286. The Morgan fingerprint density at radius 3 is 2.59 bits per heavy atom. The second-order valence-electron chi connectivity index (χ2n) is 6.93. The maximum Gasteiger partial charge on any atom is 0.421 e. The molecule has 0 aliphatic carbocycles. The molecule has 1 aliphatic rings. The van der Waals surface area contributed by atoms with E-state index in [9.17, 15) is 13.2 Å². The quantitative estimate of drug-likeness (QED) is 0.582. The van der Waals surface area contributed by atoms with Crippen LogP contribution in [-0.2, 0) is 10.9 Å². The van der Waals surface area contributed by atoms with Crippen molar-refractivity contribution in [3.8, 4) is 5.75 Å². The van der Waals surface area contributed by atoms with Crippen molar-refractivity contribution < 1.29 is 22.6 Å². The summed E-state index contributed by atoms with van der Waals surface area (Å²) in [5.41, 5.74) is 0.871. The van der Waals surface area contributed by atoms with E-state index in [0.717, 1.165) is 25.0 Å². The summed E-state index contributed by atoms with van der Waals surface area (Å²) in [7, 11) is 1.52. The van der Waals surface area contributed by atoms with E-state index in [1.807, 2.05) is 12.1 Å². The van der Waals surface area contributed by atoms with Gasteiger partial charge in [0.1, 0.15) is 17.1 Å². The fourth-order valence-corrected chi connectivity index (χ4v) is 3.24. The topological polar surface area (TPSA) is 84.4 Å². The van der Waals surface area contributed by atoms with Crippen molar-refractivity contribution in [3.05, 3.63) is 54.5 Å². The third kappa shape index (κ3) is 4.99. The van der Waals surface area contributed by atoms with Gasteiger partial charge in [-0.25, -0.2) is 4.98 Å². The maximum absolute atomic E-state index is 13.5. The van der Waals surface area contributed by atoms with E-state index < -0.39 is 11.7 Å². The lowest BCUT2D eigenvalue weighted by molar-refractivity contribution is -0.137. The molecule has 3 heterocycles. The van der Waals surface area contributed by atoms with E-state index >= 15 is 0 Å². The number of nitrogens with one attached hydrogen (secondary N) is 2. The molecule has 1 saturated heterocycles. The number of benzene rings is 1. The van der Waals surface area contributed by atoms with Crippen molar-refractivity contribution in [2.24, 2.45) is 0 Å². The fourth-order valence-electron chi connectivity index (χ4n) is 3.24. The minimum atomic E-state index is -4.62. The van der Waals surface area contributed by atoms with Gasteiger partial charge in [0.25, 0.3) is 0 Å². The molecule has 8 nitrogen and oxygen atoms in total. The van der Waals surface area contributed by atoms with E-state index in [-0.39, 0.29) is 11.8 Å². The van der Waals surface area contributed by atoms with Crippen molar-refractivity contribution in [2.45, 2.75) is 6.18 Å². The zero-order chi connectivity index (χ0) is 22.6. The SMILES string of the molecule is COc1cc(N2CCOCC2)ccc1Nc1ncc(C(F)(F)F)c(Nc2cccnc2)n1. The van der Waals surface area contributed by atoms with E-state index in [2.05, 4.69) is 30.5 Å². The number of hydrogen-bond donors (Lipinski definition) is 2. The summed E-state index contributed by atoms with van der Waals surface area (Å²) in [5.74, 6) is 0.118. The van der Waals surface area contributed by atoms with Gasteiger partial charge in [-0.2, -0.15) is 18.2 Å². The third-order valence-electron chi connectivity index (χ3n) is 4.83. The monoisotopic (exact) mass is 446 g/mol. The maximum atomic E-state index is 13.5. The predicted octanol–water partition coefficient (Wildman–Crippen LogP) is 4.22. The summed E-state index contributed by atoms with van der Waals surface area (Å²) in [6.45, 7) is 2.82. The molecule has 1 fully saturated rings. The van der Waals surface area contributed by atoms with Gasteiger partial charge in [-0.3, -0.25) is 4.98 Å². The van der Waals surface area contributed by atoms with Crippen LogP contribution in [0.2, 0.25) is 0 Å². The minimum absolute atomic E-state index is 0.0122. The highest BCUT2D eigenvalue weighted by Crippen LogP contribution is 2.36. The Bertz CT molecular complexity index is 1060. The normalized spacial score (nSPS) is 14.2. The van der Waals surface area contributed by atoms with Crippen LogP contribution in [0.4, 0.5) is 42.0 Å². The number of methoxy groups -OCH3 is 1. The number of pyridine rings is 1. The third-order valence-corrected chi connectivity index (χ3v) is 4.83. The number of alkyl halides is 3. The molecule has 0 amide bonds. The summed E-state index contributed by atoms with van der Waals surface area (Å²) in [6, 6.07) is 8.73. The van der Waals surface area contributed by atoms with Crippen LogP contribution in [0.5, 0.6) is 5.75 Å². The molecule has 2 aromatic heterocycles. The highest BCUT2D eigenvalue weighted by atomic mass is 19.4. The van der Waals surface area contributed by atoms with Crippen LogP contribution in [0.15, 0.2) is 48.9 Å². The van der Waals surface area contributed by atoms with E-state index in [1.54, 1.807) is 18.2 Å². The number of aromatic nitrogens is 3. The van der Waals surface area contributed by atoms with Gasteiger partial charge in [0.05, 0.1) is 37.9 Å². The molecule has 4 rings (SSSR count). The molecule has 2 N–H and O–H groups in total. The van der Waals surface area contributed by atoms with Crippen LogP contribution >= 0.6 is 0 Å². The summed E-state index contributed by atoms with van der Waals surface area (Å²) in [4.78, 5) is 14.0. The molecule has 3 aromatic rings. The lowest BCUT2D eigenvalue weighted by Crippen LogP contribution is -2.36. The molecule has 0 unspecified atom stereocenters. The Balaban J connectivity index is 1.61. The molecule has 32 heavy (non-hydrogen) atoms. The summed E-state index contributed by atoms with van der Waals surface area (Å²) >= 11 is 0. The van der Waals surface area contributed by atoms with Gasteiger partial charge in [-0.05, 0) is 24.3 Å². The Labute approximate surface area is 182 Å². The first kappa shape index (κ1) is 21.6. The number of anilines is 5. The van der Waals surface area contributed by atoms with Crippen LogP contribution in [0.25, 0.3) is 0 Å². The molecule has 0 atom stereocenters. The molecule has 0 radical (unpaired) electrons. The van der Waals surface area contributed by atoms with Gasteiger partial charge in [-0.15, -0.1) is 0 Å². The summed E-state index contributed by atoms with van der Waals surface area (Å²) in [5, 5.41) is 5.61. The minimum Gasteiger partial charge on any atom is -0.494 e. The predicted molar refractivity (Wildman–Crippen MR) is 114 cm³/mol. The van der Waals surface area contributed by atoms with Gasteiger partial charge >= 0.3 is 6.18 Å². The summed E-state index contributed by atoms with van der Waals surface area (Å²) in [6.07, 6.45) is -0.957. The van der Waals surface area contributed by atoms with Crippen LogP contribution in [0.3, 0.4) is 0 Å². The lowest BCUT2D eigenvalue weighted by atomic mass is 10.2. The average Bonchev–Trinajstić information content (AvgIpc) is 2.80. The van der Waals surface area contributed by atoms with Crippen molar-refractivity contribution >= 4 is 28.8 Å². The molecular formula is C21H21F3N6O2. The highest BCUT2D eigenvalue weighted by Gasteiger charge is 2.35. The number of ether oxygens (including phenoxy) is 2. The van der Waals surface area contributed by atoms with Gasteiger partial charge in [0.15, 0.2) is 0 Å². The number of rotatable bonds is 6. The highest BCUT2D eigenvalue weighted by molar-refractivity contribution is 5.69. The van der Waals surface area contributed by atoms with Crippen molar-refractivity contribution in [2.75, 3.05) is 48.9 Å². The van der Waals surface area contributed by atoms with Crippen molar-refractivity contribution in [1.82, 2.24) is 15.0 Å². The van der Waals surface area contributed by atoms with E-state index in [1.165, 1.54) is 19.5 Å². The van der Waals surface area contributed by atoms with Gasteiger partial charge in [0, 0.05) is 37.2 Å². The standard InChI is InChI=1S/C21H21F3N6O2/c1-31-18-11-15(30-7-9-32-10-8-30)4-5-17(18)28-20-26-13-16(21(22,23)24)19(29-20)27-14-3-2-6-25-12-14/h2-6,11-13H,7-10H2,1H3,(H2,26,27,28,29). The first-order valence-corrected chi connectivity index (χ1v) is 9.83. The first-order valence-electron chi connectivity index (χ1n) is 9.83. The Morgan fingerprint density at radius 2 is 1.91 bits per heavy atom. The number of halogens is 3. The van der Waals surface area contributed by atoms with Crippen LogP contribution in [0.1, 0.15) is 5.56 Å². The number of nitrogens with zero attached hydrogens (tertiary/aromatic N) is 4. The second kappa shape index (κ2) is 9.27. The molecule has 0 bridgehead atoms. The Hall–Kier alpha value is -3.60. The van der Waals surface area contributed by atoms with E-state index in [4.69, 9.17) is 9.47 Å². The van der Waals surface area contributed by atoms with Gasteiger partial charge in [0.2, 0.25) is 5.95 Å². The Kier molecular flexibility index (Phi) is 6.26. The Morgan fingerprint density at radius 1 is 1.09 bits per heavy atom. The molecule has 1 aromatic carbocycles. The van der Waals surface area contributed by atoms with Crippen molar-refractivity contribution in [3.63, 3.8) is 0 Å². The molecule has 1 aliphatic heterocycles. The zero-order valence-corrected chi connectivity index (χ0v) is 17.2. The zero-order valence-electron chi connectivity index (χ0n) is 17.2. The summed E-state index contributed by atoms with van der Waals surface area (Å²) < 4.78 is 51.2. The smallest absolute Gasteiger partial charge is 0.421 e. The van der Waals surface area contributed by atoms with Gasteiger partial charge in [-0.1, -0.05) is 0 Å². The van der Waals surface area contributed by atoms with Crippen LogP contribution in [0, 0.1) is 0 Å².